The molecule has 0 bridgehead atoms. The fourth-order valence-corrected chi connectivity index (χ4v) is 1.69. The molecule has 0 atom stereocenters. The molecule has 6 heteroatoms. The lowest BCUT2D eigenvalue weighted by Crippen LogP contribution is -1.96. The highest BCUT2D eigenvalue weighted by Gasteiger charge is 2.08. The van der Waals surface area contributed by atoms with Gasteiger partial charge in [0.05, 0.1) is 5.69 Å². The third-order valence-electron chi connectivity index (χ3n) is 2.40. The van der Waals surface area contributed by atoms with Crippen LogP contribution in [0, 0.1) is 0 Å². The fourth-order valence-electron chi connectivity index (χ4n) is 1.69. The van der Waals surface area contributed by atoms with Crippen molar-refractivity contribution in [3.63, 3.8) is 0 Å². The molecule has 0 unspecified atom stereocenters. The summed E-state index contributed by atoms with van der Waals surface area (Å²) in [5.41, 5.74) is 7.13. The van der Waals surface area contributed by atoms with Crippen molar-refractivity contribution in [2.45, 2.75) is 0 Å². The Balaban J connectivity index is 2.30. The number of nitrogen functional groups attached to an aromatic ring is 1. The van der Waals surface area contributed by atoms with Gasteiger partial charge in [-0.25, -0.2) is 4.98 Å². The minimum absolute atomic E-state index is 0.171. The maximum atomic E-state index is 9.47. The molecule has 0 aliphatic carbocycles. The maximum Gasteiger partial charge on any atom is 0.254 e. The average molecular weight is 227 g/mol. The Morgan fingerprint density at radius 2 is 2.12 bits per heavy atom. The number of benzene rings is 1. The second-order valence-corrected chi connectivity index (χ2v) is 3.56. The van der Waals surface area contributed by atoms with E-state index in [9.17, 15) is 5.11 Å². The van der Waals surface area contributed by atoms with E-state index in [4.69, 9.17) is 5.73 Å². The topological polar surface area (TPSA) is 89.3 Å². The summed E-state index contributed by atoms with van der Waals surface area (Å²) in [6.45, 7) is 0. The molecule has 84 valence electrons. The van der Waals surface area contributed by atoms with E-state index in [-0.39, 0.29) is 11.7 Å². The van der Waals surface area contributed by atoms with Crippen LogP contribution < -0.4 is 5.73 Å². The van der Waals surface area contributed by atoms with E-state index in [0.29, 0.717) is 5.78 Å². The third kappa shape index (κ3) is 1.55. The Morgan fingerprint density at radius 1 is 1.24 bits per heavy atom. The van der Waals surface area contributed by atoms with Gasteiger partial charge in [0.25, 0.3) is 5.78 Å². The molecule has 6 nitrogen and oxygen atoms in total. The first kappa shape index (κ1) is 9.59. The number of hydrogen-bond acceptors (Lipinski definition) is 5. The highest BCUT2D eigenvalue weighted by atomic mass is 16.3. The number of phenols is 1. The standard InChI is InChI=1S/C11H9N5O/c12-10-14-11-13-5-4-9(16(11)15-10)7-2-1-3-8(17)6-7/h1-6,17H,(H2,12,15). The van der Waals surface area contributed by atoms with Gasteiger partial charge in [-0.3, -0.25) is 0 Å². The Kier molecular flexibility index (Phi) is 1.94. The summed E-state index contributed by atoms with van der Waals surface area (Å²) in [7, 11) is 0. The lowest BCUT2D eigenvalue weighted by atomic mass is 10.1. The minimum atomic E-state index is 0.171. The van der Waals surface area contributed by atoms with Crippen LogP contribution >= 0.6 is 0 Å². The van der Waals surface area contributed by atoms with Crippen molar-refractivity contribution in [3.8, 4) is 17.0 Å². The van der Waals surface area contributed by atoms with Crippen LogP contribution in [0.3, 0.4) is 0 Å². The average Bonchev–Trinajstić information content (AvgIpc) is 2.68. The van der Waals surface area contributed by atoms with Gasteiger partial charge in [0.1, 0.15) is 5.75 Å². The molecule has 3 N–H and O–H groups in total. The van der Waals surface area contributed by atoms with Gasteiger partial charge in [-0.05, 0) is 18.2 Å². The molecule has 0 saturated carbocycles. The molecule has 0 radical (unpaired) electrons. The second-order valence-electron chi connectivity index (χ2n) is 3.56. The van der Waals surface area contributed by atoms with E-state index in [1.165, 1.54) is 0 Å². The van der Waals surface area contributed by atoms with Crippen molar-refractivity contribution in [1.29, 1.82) is 0 Å². The molecule has 0 fully saturated rings. The highest BCUT2D eigenvalue weighted by molar-refractivity contribution is 5.63. The number of nitrogens with zero attached hydrogens (tertiary/aromatic N) is 4. The number of hydrogen-bond donors (Lipinski definition) is 2. The molecule has 3 rings (SSSR count). The van der Waals surface area contributed by atoms with Crippen LogP contribution in [-0.2, 0) is 0 Å². The van der Waals surface area contributed by atoms with Gasteiger partial charge in [-0.2, -0.15) is 9.50 Å². The zero-order chi connectivity index (χ0) is 11.8. The van der Waals surface area contributed by atoms with Crippen molar-refractivity contribution < 1.29 is 5.11 Å². The number of aromatic nitrogens is 4. The first-order chi connectivity index (χ1) is 8.24. The molecular weight excluding hydrogens is 218 g/mol. The Hall–Kier alpha value is -2.63. The summed E-state index contributed by atoms with van der Waals surface area (Å²) in [4.78, 5) is 8.04. The van der Waals surface area contributed by atoms with Gasteiger partial charge in [0.15, 0.2) is 0 Å². The summed E-state index contributed by atoms with van der Waals surface area (Å²) < 4.78 is 1.55. The van der Waals surface area contributed by atoms with Crippen LogP contribution in [0.4, 0.5) is 5.95 Å². The maximum absolute atomic E-state index is 9.47. The largest absolute Gasteiger partial charge is 0.508 e. The monoisotopic (exact) mass is 227 g/mol. The Morgan fingerprint density at radius 3 is 2.94 bits per heavy atom. The van der Waals surface area contributed by atoms with Gasteiger partial charge >= 0.3 is 0 Å². The molecule has 2 aromatic heterocycles. The summed E-state index contributed by atoms with van der Waals surface area (Å²) >= 11 is 0. The molecule has 0 spiro atoms. The van der Waals surface area contributed by atoms with Crippen LogP contribution in [0.2, 0.25) is 0 Å². The molecule has 0 saturated heterocycles. The molecule has 3 aromatic rings. The second kappa shape index (κ2) is 3.44. The lowest BCUT2D eigenvalue weighted by Gasteiger charge is -2.03. The number of fused-ring (bicyclic) bond motifs is 1. The zero-order valence-electron chi connectivity index (χ0n) is 8.78. The number of anilines is 1. The minimum Gasteiger partial charge on any atom is -0.508 e. The molecular formula is C11H9N5O. The summed E-state index contributed by atoms with van der Waals surface area (Å²) in [6.07, 6.45) is 1.63. The van der Waals surface area contributed by atoms with Crippen LogP contribution in [0.15, 0.2) is 36.5 Å². The summed E-state index contributed by atoms with van der Waals surface area (Å²) in [5.74, 6) is 0.800. The lowest BCUT2D eigenvalue weighted by molar-refractivity contribution is 0.475. The predicted octanol–water partition coefficient (Wildman–Crippen LogP) is 1.08. The Labute approximate surface area is 96.4 Å². The molecule has 17 heavy (non-hydrogen) atoms. The quantitative estimate of drug-likeness (QED) is 0.649. The SMILES string of the molecule is Nc1nc2nccc(-c3cccc(O)c3)n2n1. The number of phenolic OH excluding ortho intramolecular Hbond substituents is 1. The van der Waals surface area contributed by atoms with Gasteiger partial charge in [0, 0.05) is 11.8 Å². The van der Waals surface area contributed by atoms with Gasteiger partial charge < -0.3 is 10.8 Å². The molecule has 1 aromatic carbocycles. The van der Waals surface area contributed by atoms with Crippen LogP contribution in [0.1, 0.15) is 0 Å². The summed E-state index contributed by atoms with van der Waals surface area (Å²) in [5, 5.41) is 13.5. The third-order valence-corrected chi connectivity index (χ3v) is 2.40. The van der Waals surface area contributed by atoms with Gasteiger partial charge in [-0.1, -0.05) is 12.1 Å². The van der Waals surface area contributed by atoms with Crippen molar-refractivity contribution in [1.82, 2.24) is 19.6 Å². The van der Waals surface area contributed by atoms with E-state index in [2.05, 4.69) is 15.1 Å². The predicted molar refractivity (Wildman–Crippen MR) is 62.3 cm³/mol. The van der Waals surface area contributed by atoms with Crippen LogP contribution in [0.25, 0.3) is 17.0 Å². The zero-order valence-corrected chi connectivity index (χ0v) is 8.78. The van der Waals surface area contributed by atoms with E-state index in [0.717, 1.165) is 11.3 Å². The van der Waals surface area contributed by atoms with Crippen molar-refractivity contribution in [2.24, 2.45) is 0 Å². The Bertz CT molecular complexity index is 691. The molecule has 0 aliphatic rings. The van der Waals surface area contributed by atoms with Crippen LogP contribution in [-0.4, -0.2) is 24.7 Å². The smallest absolute Gasteiger partial charge is 0.254 e. The first-order valence-electron chi connectivity index (χ1n) is 5.01. The number of nitrogens with two attached hydrogens (primary N) is 1. The molecule has 2 heterocycles. The van der Waals surface area contributed by atoms with E-state index in [1.807, 2.05) is 6.07 Å². The van der Waals surface area contributed by atoms with E-state index in [1.54, 1.807) is 35.0 Å². The summed E-state index contributed by atoms with van der Waals surface area (Å²) in [6, 6.07) is 8.67. The van der Waals surface area contributed by atoms with Crippen molar-refractivity contribution in [3.05, 3.63) is 36.5 Å². The van der Waals surface area contributed by atoms with E-state index >= 15 is 0 Å². The first-order valence-corrected chi connectivity index (χ1v) is 5.01. The number of rotatable bonds is 1. The van der Waals surface area contributed by atoms with E-state index < -0.39 is 0 Å². The normalized spacial score (nSPS) is 10.8. The van der Waals surface area contributed by atoms with Crippen molar-refractivity contribution in [2.75, 3.05) is 5.73 Å². The molecule has 0 aliphatic heterocycles. The highest BCUT2D eigenvalue weighted by Crippen LogP contribution is 2.22. The fraction of sp³-hybridized carbons (Fsp3) is 0. The van der Waals surface area contributed by atoms with Crippen molar-refractivity contribution >= 4 is 11.7 Å². The van der Waals surface area contributed by atoms with Crippen LogP contribution in [0.5, 0.6) is 5.75 Å². The molecule has 0 amide bonds. The van der Waals surface area contributed by atoms with Gasteiger partial charge in [-0.15, -0.1) is 5.10 Å². The van der Waals surface area contributed by atoms with Gasteiger partial charge in [0.2, 0.25) is 5.95 Å². The number of aromatic hydroxyl groups is 1.